The fourth-order valence-corrected chi connectivity index (χ4v) is 2.90. The monoisotopic (exact) mass is 319 g/mol. The van der Waals surface area contributed by atoms with Gasteiger partial charge in [-0.1, -0.05) is 12.1 Å². The van der Waals surface area contributed by atoms with Gasteiger partial charge in [0.2, 0.25) is 5.89 Å². The maximum Gasteiger partial charge on any atom is 0.270 e. The molecule has 8 nitrogen and oxygen atoms in total. The third-order valence-corrected chi connectivity index (χ3v) is 3.92. The van der Waals surface area contributed by atoms with Gasteiger partial charge >= 0.3 is 0 Å². The van der Waals surface area contributed by atoms with Crippen LogP contribution in [-0.2, 0) is 31.2 Å². The summed E-state index contributed by atoms with van der Waals surface area (Å²) in [6, 6.07) is 0. The summed E-state index contributed by atoms with van der Waals surface area (Å²) >= 11 is 0. The molecule has 3 heterocycles. The third kappa shape index (κ3) is 2.98. The number of ether oxygens (including phenoxy) is 1. The first-order valence-corrected chi connectivity index (χ1v) is 7.80. The van der Waals surface area contributed by atoms with Crippen LogP contribution in [0.2, 0.25) is 0 Å². The molecule has 124 valence electrons. The van der Waals surface area contributed by atoms with Gasteiger partial charge in [-0.25, -0.2) is 0 Å². The zero-order chi connectivity index (χ0) is 16.6. The number of carbonyl (C=O) groups excluding carboxylic acids is 1. The summed E-state index contributed by atoms with van der Waals surface area (Å²) in [7, 11) is 1.77. The predicted octanol–water partition coefficient (Wildman–Crippen LogP) is 1.32. The minimum atomic E-state index is -0.189. The summed E-state index contributed by atoms with van der Waals surface area (Å²) in [5, 5.41) is 11.1. The molecule has 0 unspecified atom stereocenters. The molecule has 0 aromatic carbocycles. The van der Waals surface area contributed by atoms with Gasteiger partial charge in [0.05, 0.1) is 24.4 Å². The second-order valence-corrected chi connectivity index (χ2v) is 5.77. The number of hydrogen-bond acceptors (Lipinski definition) is 6. The molecule has 0 spiro atoms. The van der Waals surface area contributed by atoms with Crippen molar-refractivity contribution in [3.63, 3.8) is 0 Å². The van der Waals surface area contributed by atoms with Crippen LogP contribution in [0, 0.1) is 0 Å². The minimum absolute atomic E-state index is 0.0672. The number of aromatic nitrogens is 4. The van der Waals surface area contributed by atoms with Gasteiger partial charge in [-0.3, -0.25) is 9.48 Å². The molecule has 1 aliphatic rings. The molecule has 2 aromatic rings. The maximum absolute atomic E-state index is 12.6. The van der Waals surface area contributed by atoms with Crippen molar-refractivity contribution in [3.8, 4) is 0 Å². The van der Waals surface area contributed by atoms with Crippen LogP contribution in [0.25, 0.3) is 0 Å². The summed E-state index contributed by atoms with van der Waals surface area (Å²) < 4.78 is 12.4. The van der Waals surface area contributed by atoms with Crippen LogP contribution in [0.5, 0.6) is 0 Å². The Morgan fingerprint density at radius 3 is 2.91 bits per heavy atom. The number of hydrogen-bond donors (Lipinski definition) is 1. The first kappa shape index (κ1) is 15.7. The zero-order valence-electron chi connectivity index (χ0n) is 13.8. The van der Waals surface area contributed by atoms with E-state index in [9.17, 15) is 4.79 Å². The SMILES string of the molecule is CCc1nc(CNC(=O)c2c3c(nn2C)[C@H](C)O[C@H](C)C3)no1. The van der Waals surface area contributed by atoms with E-state index in [4.69, 9.17) is 9.26 Å². The van der Waals surface area contributed by atoms with Crippen LogP contribution in [0.3, 0.4) is 0 Å². The summed E-state index contributed by atoms with van der Waals surface area (Å²) in [4.78, 5) is 16.7. The van der Waals surface area contributed by atoms with Crippen LogP contribution >= 0.6 is 0 Å². The van der Waals surface area contributed by atoms with Gasteiger partial charge in [0.15, 0.2) is 5.82 Å². The Hall–Kier alpha value is -2.22. The molecule has 3 rings (SSSR count). The Morgan fingerprint density at radius 2 is 2.22 bits per heavy atom. The van der Waals surface area contributed by atoms with E-state index < -0.39 is 0 Å². The van der Waals surface area contributed by atoms with E-state index >= 15 is 0 Å². The van der Waals surface area contributed by atoms with Gasteiger partial charge in [-0.15, -0.1) is 0 Å². The van der Waals surface area contributed by atoms with Gasteiger partial charge in [0.25, 0.3) is 5.91 Å². The van der Waals surface area contributed by atoms with E-state index in [-0.39, 0.29) is 24.7 Å². The van der Waals surface area contributed by atoms with Crippen LogP contribution in [0.1, 0.15) is 60.3 Å². The topological polar surface area (TPSA) is 95.1 Å². The van der Waals surface area contributed by atoms with Crippen molar-refractivity contribution < 1.29 is 14.1 Å². The van der Waals surface area contributed by atoms with Crippen molar-refractivity contribution in [2.45, 2.75) is 52.4 Å². The Balaban J connectivity index is 1.77. The van der Waals surface area contributed by atoms with Crippen LogP contribution in [0.15, 0.2) is 4.52 Å². The third-order valence-electron chi connectivity index (χ3n) is 3.92. The van der Waals surface area contributed by atoms with Crippen molar-refractivity contribution >= 4 is 5.91 Å². The first-order chi connectivity index (χ1) is 11.0. The lowest BCUT2D eigenvalue weighted by Gasteiger charge is -2.24. The molecule has 2 aromatic heterocycles. The van der Waals surface area contributed by atoms with E-state index in [1.165, 1.54) is 0 Å². The Bertz CT molecular complexity index is 721. The number of nitrogens with one attached hydrogen (secondary N) is 1. The summed E-state index contributed by atoms with van der Waals surface area (Å²) in [5.41, 5.74) is 2.36. The van der Waals surface area contributed by atoms with Gasteiger partial charge in [0.1, 0.15) is 5.69 Å². The number of rotatable bonds is 4. The lowest BCUT2D eigenvalue weighted by Crippen LogP contribution is -2.28. The lowest BCUT2D eigenvalue weighted by atomic mass is 9.99. The summed E-state index contributed by atoms with van der Waals surface area (Å²) in [6.07, 6.45) is 1.31. The van der Waals surface area contributed by atoms with Crippen molar-refractivity contribution in [2.24, 2.45) is 7.05 Å². The van der Waals surface area contributed by atoms with Gasteiger partial charge in [0, 0.05) is 25.5 Å². The predicted molar refractivity (Wildman–Crippen MR) is 80.7 cm³/mol. The number of carbonyl (C=O) groups is 1. The highest BCUT2D eigenvalue weighted by Gasteiger charge is 2.31. The van der Waals surface area contributed by atoms with E-state index in [0.29, 0.717) is 30.3 Å². The first-order valence-electron chi connectivity index (χ1n) is 7.80. The molecule has 0 saturated heterocycles. The largest absolute Gasteiger partial charge is 0.369 e. The van der Waals surface area contributed by atoms with E-state index in [1.807, 2.05) is 20.8 Å². The molecule has 0 aliphatic carbocycles. The number of aryl methyl sites for hydroxylation is 2. The van der Waals surface area contributed by atoms with E-state index in [0.717, 1.165) is 11.3 Å². The minimum Gasteiger partial charge on any atom is -0.369 e. The second kappa shape index (κ2) is 6.11. The highest BCUT2D eigenvalue weighted by molar-refractivity contribution is 5.94. The van der Waals surface area contributed by atoms with Crippen molar-refractivity contribution in [2.75, 3.05) is 0 Å². The molecule has 1 amide bonds. The summed E-state index contributed by atoms with van der Waals surface area (Å²) in [6.45, 7) is 6.11. The molecule has 23 heavy (non-hydrogen) atoms. The Morgan fingerprint density at radius 1 is 1.43 bits per heavy atom. The molecule has 0 saturated carbocycles. The highest BCUT2D eigenvalue weighted by atomic mass is 16.5. The van der Waals surface area contributed by atoms with Gasteiger partial charge in [-0.05, 0) is 13.8 Å². The smallest absolute Gasteiger partial charge is 0.270 e. The van der Waals surface area contributed by atoms with E-state index in [2.05, 4.69) is 20.6 Å². The number of fused-ring (bicyclic) bond motifs is 1. The van der Waals surface area contributed by atoms with E-state index in [1.54, 1.807) is 11.7 Å². The fourth-order valence-electron chi connectivity index (χ4n) is 2.90. The van der Waals surface area contributed by atoms with Gasteiger partial charge in [-0.2, -0.15) is 10.1 Å². The van der Waals surface area contributed by atoms with Crippen LogP contribution < -0.4 is 5.32 Å². The average molecular weight is 319 g/mol. The zero-order valence-corrected chi connectivity index (χ0v) is 13.8. The van der Waals surface area contributed by atoms with Crippen molar-refractivity contribution in [1.82, 2.24) is 25.2 Å². The molecule has 0 radical (unpaired) electrons. The quantitative estimate of drug-likeness (QED) is 0.913. The molecule has 1 N–H and O–H groups in total. The Labute approximate surface area is 134 Å². The molecular formula is C15H21N5O3. The molecule has 1 aliphatic heterocycles. The molecule has 0 fully saturated rings. The highest BCUT2D eigenvalue weighted by Crippen LogP contribution is 2.31. The van der Waals surface area contributed by atoms with Crippen LogP contribution in [-0.4, -0.2) is 31.9 Å². The van der Waals surface area contributed by atoms with Crippen molar-refractivity contribution in [1.29, 1.82) is 0 Å². The normalized spacial score (nSPS) is 20.3. The lowest BCUT2D eigenvalue weighted by molar-refractivity contribution is -0.00710. The second-order valence-electron chi connectivity index (χ2n) is 5.77. The molecule has 2 atom stereocenters. The molecular weight excluding hydrogens is 298 g/mol. The fraction of sp³-hybridized carbons (Fsp3) is 0.600. The number of amides is 1. The molecule has 8 heteroatoms. The standard InChI is InChI=1S/C15H21N5O3/c1-5-12-17-11(19-23-12)7-16-15(21)14-10-6-8(2)22-9(3)13(10)18-20(14)4/h8-9H,5-7H2,1-4H3,(H,16,21)/t8-,9+/m1/s1. The average Bonchev–Trinajstić information content (AvgIpc) is 3.09. The molecule has 0 bridgehead atoms. The maximum atomic E-state index is 12.6. The van der Waals surface area contributed by atoms with Crippen LogP contribution in [0.4, 0.5) is 0 Å². The Kier molecular flexibility index (Phi) is 4.16. The van der Waals surface area contributed by atoms with Crippen molar-refractivity contribution in [3.05, 3.63) is 28.7 Å². The summed E-state index contributed by atoms with van der Waals surface area (Å²) in [5.74, 6) is 0.841. The van der Waals surface area contributed by atoms with Gasteiger partial charge < -0.3 is 14.6 Å². The number of nitrogens with zero attached hydrogens (tertiary/aromatic N) is 4.